The normalized spacial score (nSPS) is 18.1. The molecule has 9 heavy (non-hydrogen) atoms. The first-order chi connectivity index (χ1) is 4.33. The zero-order valence-electron chi connectivity index (χ0n) is 4.17. The van der Waals surface area contributed by atoms with E-state index in [1.165, 1.54) is 22.0 Å². The molecule has 1 N–H and O–H groups in total. The van der Waals surface area contributed by atoms with Crippen LogP contribution in [0.5, 0.6) is 0 Å². The summed E-state index contributed by atoms with van der Waals surface area (Å²) in [6, 6.07) is 0. The maximum absolute atomic E-state index is 9.62. The second-order valence-corrected chi connectivity index (χ2v) is 2.52. The van der Waals surface area contributed by atoms with Gasteiger partial charge >= 0.3 is 0 Å². The minimum absolute atomic E-state index is 0.407. The topological polar surface area (TPSA) is 44.7 Å². The van der Waals surface area contributed by atoms with Crippen molar-refractivity contribution in [2.75, 3.05) is 0 Å². The Hall–Kier alpha value is -0.480. The smallest absolute Gasteiger partial charge is 0.242 e. The minimum atomic E-state index is 0.407. The number of hydrogen-bond acceptors (Lipinski definition) is 5. The molecule has 0 radical (unpaired) electrons. The second-order valence-electron chi connectivity index (χ2n) is 1.17. The zero-order valence-corrected chi connectivity index (χ0v) is 5.74. The quantitative estimate of drug-likeness (QED) is 0.268. The van der Waals surface area contributed by atoms with Gasteiger partial charge in [0.25, 0.3) is 0 Å². The lowest BCUT2D eigenvalue weighted by molar-refractivity contribution is 0.559. The standard InChI is InChI=1S/C3H2ClN3OS/c4-7-6-3(1-9-7)5-2-8/h1,6H. The molecule has 0 aliphatic carbocycles. The van der Waals surface area contributed by atoms with Crippen molar-refractivity contribution < 1.29 is 4.79 Å². The Bertz CT molecular complexity index is 187. The Labute approximate surface area is 60.8 Å². The number of nitrogens with zero attached hydrogens (tertiary/aromatic N) is 2. The van der Waals surface area contributed by atoms with Gasteiger partial charge in [-0.3, -0.25) is 5.43 Å². The molecular weight excluding hydrogens is 162 g/mol. The fourth-order valence-corrected chi connectivity index (χ4v) is 0.990. The van der Waals surface area contributed by atoms with Crippen molar-refractivity contribution in [1.29, 1.82) is 0 Å². The van der Waals surface area contributed by atoms with Crippen LogP contribution in [0.2, 0.25) is 0 Å². The molecule has 0 spiro atoms. The lowest BCUT2D eigenvalue weighted by atomic mass is 10.8. The SMILES string of the molecule is O=C=NC1=CSN(Cl)N1. The summed E-state index contributed by atoms with van der Waals surface area (Å²) in [7, 11) is 0. The van der Waals surface area contributed by atoms with Gasteiger partial charge in [-0.1, -0.05) is 3.93 Å². The molecule has 0 aromatic rings. The first-order valence-electron chi connectivity index (χ1n) is 2.00. The van der Waals surface area contributed by atoms with Crippen molar-refractivity contribution in [3.8, 4) is 0 Å². The molecule has 0 aromatic heterocycles. The van der Waals surface area contributed by atoms with Crippen LogP contribution >= 0.6 is 23.7 Å². The van der Waals surface area contributed by atoms with Gasteiger partial charge in [0.1, 0.15) is 0 Å². The van der Waals surface area contributed by atoms with Crippen LogP contribution in [0.3, 0.4) is 0 Å². The summed E-state index contributed by atoms with van der Waals surface area (Å²) < 4.78 is 1.20. The number of aliphatic imine (C=N–C) groups is 1. The van der Waals surface area contributed by atoms with E-state index in [4.69, 9.17) is 11.8 Å². The van der Waals surface area contributed by atoms with E-state index in [1.54, 1.807) is 5.41 Å². The molecule has 1 aliphatic rings. The maximum Gasteiger partial charge on any atom is 0.242 e. The van der Waals surface area contributed by atoms with Crippen molar-refractivity contribution in [3.05, 3.63) is 11.2 Å². The molecule has 0 saturated heterocycles. The van der Waals surface area contributed by atoms with Gasteiger partial charge in [-0.15, -0.1) is 4.99 Å². The van der Waals surface area contributed by atoms with Gasteiger partial charge in [0.15, 0.2) is 5.82 Å². The molecule has 1 aliphatic heterocycles. The van der Waals surface area contributed by atoms with Gasteiger partial charge in [0.05, 0.1) is 0 Å². The van der Waals surface area contributed by atoms with E-state index in [-0.39, 0.29) is 0 Å². The van der Waals surface area contributed by atoms with Crippen LogP contribution in [-0.4, -0.2) is 10.0 Å². The molecular formula is C3H2ClN3OS. The molecule has 48 valence electrons. The summed E-state index contributed by atoms with van der Waals surface area (Å²) in [6.07, 6.45) is 1.38. The molecule has 1 rings (SSSR count). The third-order valence-electron chi connectivity index (χ3n) is 0.625. The largest absolute Gasteiger partial charge is 0.277 e. The minimum Gasteiger partial charge on any atom is -0.277 e. The highest BCUT2D eigenvalue weighted by atomic mass is 35.5. The van der Waals surface area contributed by atoms with Crippen molar-refractivity contribution >= 4 is 29.8 Å². The lowest BCUT2D eigenvalue weighted by Gasteiger charge is -2.00. The molecule has 0 amide bonds. The highest BCUT2D eigenvalue weighted by molar-refractivity contribution is 8.00. The highest BCUT2D eigenvalue weighted by Crippen LogP contribution is 2.20. The maximum atomic E-state index is 9.62. The van der Waals surface area contributed by atoms with Crippen molar-refractivity contribution in [3.63, 3.8) is 0 Å². The van der Waals surface area contributed by atoms with E-state index >= 15 is 0 Å². The van der Waals surface area contributed by atoms with Crippen LogP contribution in [0.4, 0.5) is 0 Å². The Morgan fingerprint density at radius 2 is 2.78 bits per heavy atom. The Morgan fingerprint density at radius 3 is 3.22 bits per heavy atom. The molecule has 0 fully saturated rings. The summed E-state index contributed by atoms with van der Waals surface area (Å²) >= 11 is 6.58. The molecule has 0 bridgehead atoms. The predicted octanol–water partition coefficient (Wildman–Crippen LogP) is 0.743. The number of rotatable bonds is 1. The molecule has 0 atom stereocenters. The average molecular weight is 164 g/mol. The second kappa shape index (κ2) is 2.89. The molecule has 6 heteroatoms. The molecule has 4 nitrogen and oxygen atoms in total. The van der Waals surface area contributed by atoms with Crippen molar-refractivity contribution in [1.82, 2.24) is 9.36 Å². The van der Waals surface area contributed by atoms with E-state index in [1.807, 2.05) is 0 Å². The highest BCUT2D eigenvalue weighted by Gasteiger charge is 2.09. The first kappa shape index (κ1) is 6.64. The summed E-state index contributed by atoms with van der Waals surface area (Å²) in [5, 5.41) is 1.60. The van der Waals surface area contributed by atoms with Gasteiger partial charge < -0.3 is 0 Å². The van der Waals surface area contributed by atoms with Crippen LogP contribution < -0.4 is 5.43 Å². The Kier molecular flexibility index (Phi) is 2.13. The van der Waals surface area contributed by atoms with Gasteiger partial charge in [0.2, 0.25) is 6.08 Å². The number of nitrogens with one attached hydrogen (secondary N) is 1. The third-order valence-corrected chi connectivity index (χ3v) is 1.55. The lowest BCUT2D eigenvalue weighted by Crippen LogP contribution is -2.15. The van der Waals surface area contributed by atoms with Crippen molar-refractivity contribution in [2.24, 2.45) is 4.99 Å². The zero-order chi connectivity index (χ0) is 6.69. The van der Waals surface area contributed by atoms with Crippen LogP contribution in [0.25, 0.3) is 0 Å². The van der Waals surface area contributed by atoms with E-state index in [2.05, 4.69) is 10.4 Å². The van der Waals surface area contributed by atoms with Gasteiger partial charge in [-0.05, 0) is 11.9 Å². The summed E-state index contributed by atoms with van der Waals surface area (Å²) in [4.78, 5) is 12.9. The molecule has 0 unspecified atom stereocenters. The fraction of sp³-hybridized carbons (Fsp3) is 0. The molecule has 1 heterocycles. The van der Waals surface area contributed by atoms with E-state index in [9.17, 15) is 4.79 Å². The Balaban J connectivity index is 2.55. The Morgan fingerprint density at radius 1 is 2.00 bits per heavy atom. The van der Waals surface area contributed by atoms with E-state index in [0.29, 0.717) is 5.82 Å². The number of hydrazine groups is 1. The monoisotopic (exact) mass is 163 g/mol. The summed E-state index contributed by atoms with van der Waals surface area (Å²) in [5.74, 6) is 0.407. The molecule has 0 aromatic carbocycles. The predicted molar refractivity (Wildman–Crippen MR) is 34.6 cm³/mol. The summed E-state index contributed by atoms with van der Waals surface area (Å²) in [6.45, 7) is 0. The van der Waals surface area contributed by atoms with Gasteiger partial charge in [-0.25, -0.2) is 4.79 Å². The van der Waals surface area contributed by atoms with Crippen LogP contribution in [-0.2, 0) is 4.79 Å². The van der Waals surface area contributed by atoms with Crippen LogP contribution in [0.15, 0.2) is 16.2 Å². The summed E-state index contributed by atoms with van der Waals surface area (Å²) in [5.41, 5.74) is 2.55. The number of hydrogen-bond donors (Lipinski definition) is 1. The average Bonchev–Trinajstić information content (AvgIpc) is 2.17. The number of carbonyl (C=O) groups excluding carboxylic acids is 1. The van der Waals surface area contributed by atoms with Crippen molar-refractivity contribution in [2.45, 2.75) is 0 Å². The fourth-order valence-electron chi connectivity index (χ4n) is 0.339. The number of isocyanates is 1. The first-order valence-corrected chi connectivity index (χ1v) is 3.18. The molecule has 0 saturated carbocycles. The van der Waals surface area contributed by atoms with E-state index in [0.717, 1.165) is 0 Å². The van der Waals surface area contributed by atoms with Crippen LogP contribution in [0, 0.1) is 0 Å². The number of halogens is 1. The van der Waals surface area contributed by atoms with Crippen LogP contribution in [0.1, 0.15) is 0 Å². The third kappa shape index (κ3) is 1.73. The van der Waals surface area contributed by atoms with Gasteiger partial charge in [0, 0.05) is 17.2 Å². The van der Waals surface area contributed by atoms with E-state index < -0.39 is 0 Å². The van der Waals surface area contributed by atoms with Gasteiger partial charge in [-0.2, -0.15) is 0 Å².